The first-order chi connectivity index (χ1) is 19.5. The number of aliphatic hydroxyl groups is 6. The van der Waals surface area contributed by atoms with Crippen LogP contribution < -0.4 is 9.47 Å². The maximum Gasteiger partial charge on any atom is 0.174 e. The van der Waals surface area contributed by atoms with E-state index in [1.165, 1.54) is 24.3 Å². The summed E-state index contributed by atoms with van der Waals surface area (Å²) in [6.45, 7) is 1.22. The highest BCUT2D eigenvalue weighted by Gasteiger charge is 2.49. The number of hydrogen-bond donors (Lipinski definition) is 8. The number of phenolic OH excluding ortho intramolecular Hbond substituents is 2. The number of fused-ring (bicyclic) bond motifs is 1. The Balaban J connectivity index is 1.41. The van der Waals surface area contributed by atoms with Gasteiger partial charge in [-0.15, -0.1) is 0 Å². The molecule has 0 bridgehead atoms. The third-order valence-electron chi connectivity index (χ3n) is 8.43. The number of hydrogen-bond acceptors (Lipinski definition) is 12. The average Bonchev–Trinajstić information content (AvgIpc) is 2.94. The Labute approximate surface area is 236 Å². The van der Waals surface area contributed by atoms with Crippen molar-refractivity contribution in [2.75, 3.05) is 6.61 Å². The third-order valence-corrected chi connectivity index (χ3v) is 8.43. The molecule has 5 rings (SSSR count). The molecule has 1 aliphatic heterocycles. The molecule has 0 amide bonds. The number of benzene rings is 2. The van der Waals surface area contributed by atoms with Gasteiger partial charge in [0.25, 0.3) is 0 Å². The van der Waals surface area contributed by atoms with Crippen molar-refractivity contribution in [3.63, 3.8) is 0 Å². The van der Waals surface area contributed by atoms with Gasteiger partial charge in [-0.2, -0.15) is 0 Å². The highest BCUT2D eigenvalue weighted by molar-refractivity contribution is 6.02. The Morgan fingerprint density at radius 2 is 1.59 bits per heavy atom. The summed E-state index contributed by atoms with van der Waals surface area (Å²) in [5, 5.41) is 82.6. The average molecular weight is 577 g/mol. The number of rotatable bonds is 6. The summed E-state index contributed by atoms with van der Waals surface area (Å²) in [6, 6.07) is 8.84. The summed E-state index contributed by atoms with van der Waals surface area (Å²) in [5.41, 5.74) is 0.628. The molecule has 2 aliphatic carbocycles. The Bertz CT molecular complexity index is 1240. The molecule has 12 heteroatoms. The Morgan fingerprint density at radius 3 is 2.27 bits per heavy atom. The number of aliphatic hydroxyl groups excluding tert-OH is 6. The number of Topliss-reactive ketones (excluding diaryl/α,β-unsaturated/α-hetero) is 1. The first kappa shape index (κ1) is 29.5. The molecule has 11 atom stereocenters. The van der Waals surface area contributed by atoms with Crippen LogP contribution in [0.15, 0.2) is 36.4 Å². The Hall–Kier alpha value is -2.97. The van der Waals surface area contributed by atoms with Crippen LogP contribution in [0, 0.1) is 11.8 Å². The highest BCUT2D eigenvalue weighted by atomic mass is 16.6. The largest absolute Gasteiger partial charge is 0.508 e. The van der Waals surface area contributed by atoms with E-state index >= 15 is 0 Å². The normalized spacial score (nSPS) is 37.2. The second-order valence-electron chi connectivity index (χ2n) is 11.3. The molecule has 3 aliphatic rings. The van der Waals surface area contributed by atoms with Crippen LogP contribution in [0.1, 0.15) is 48.2 Å². The van der Waals surface area contributed by atoms with Gasteiger partial charge in [-0.25, -0.2) is 0 Å². The maximum atomic E-state index is 12.9. The van der Waals surface area contributed by atoms with Crippen molar-refractivity contribution in [3.05, 3.63) is 47.5 Å². The van der Waals surface area contributed by atoms with Crippen LogP contribution in [-0.4, -0.2) is 102 Å². The minimum atomic E-state index is -1.54. The second-order valence-corrected chi connectivity index (χ2v) is 11.3. The predicted octanol–water partition coefficient (Wildman–Crippen LogP) is 0.162. The van der Waals surface area contributed by atoms with Crippen LogP contribution in [0.25, 0.3) is 0 Å². The molecule has 2 aromatic rings. The van der Waals surface area contributed by atoms with Gasteiger partial charge in [0.2, 0.25) is 0 Å². The molecular weight excluding hydrogens is 540 g/mol. The molecular formula is C29H36O12. The number of carbonyl (C=O) groups is 1. The fourth-order valence-corrected chi connectivity index (χ4v) is 6.01. The molecule has 8 N–H and O–H groups in total. The van der Waals surface area contributed by atoms with Crippen LogP contribution in [0.2, 0.25) is 0 Å². The van der Waals surface area contributed by atoms with Crippen molar-refractivity contribution >= 4 is 5.78 Å². The molecule has 2 fully saturated rings. The molecule has 0 aromatic heterocycles. The lowest BCUT2D eigenvalue weighted by molar-refractivity contribution is -0.234. The summed E-state index contributed by atoms with van der Waals surface area (Å²) in [7, 11) is 0. The number of ether oxygens (including phenoxy) is 3. The minimum Gasteiger partial charge on any atom is -0.508 e. The standard InChI is InChI=1S/C29H36O12/c1-12-6-21(26(36)27(37)24(12)34)41-29-22(7-14(11-30)25(35)28(29)38)39-16-8-17(32)23-18(33)10-19(40-20(23)9-16)13-2-4-15(31)5-3-13/h2-5,8-9,12,14,19,21-22,24-32,34-38H,6-7,10-11H2,1H3/t12-,14?,19+,21?,22-,24?,25-,26+,27?,28?,29?/m1/s1. The van der Waals surface area contributed by atoms with E-state index in [1.54, 1.807) is 19.1 Å². The van der Waals surface area contributed by atoms with Crippen LogP contribution in [0.4, 0.5) is 0 Å². The van der Waals surface area contributed by atoms with Gasteiger partial charge in [0.1, 0.15) is 65.2 Å². The number of carbonyl (C=O) groups excluding carboxylic acids is 1. The van der Waals surface area contributed by atoms with E-state index in [0.717, 1.165) is 0 Å². The van der Waals surface area contributed by atoms with E-state index in [9.17, 15) is 45.6 Å². The summed E-state index contributed by atoms with van der Waals surface area (Å²) in [5.74, 6) is -1.76. The topological polar surface area (TPSA) is 207 Å². The van der Waals surface area contributed by atoms with Gasteiger partial charge in [-0.05, 0) is 36.5 Å². The number of ketones is 1. The fourth-order valence-electron chi connectivity index (χ4n) is 6.01. The van der Waals surface area contributed by atoms with Crippen LogP contribution >= 0.6 is 0 Å². The lowest BCUT2D eigenvalue weighted by atomic mass is 9.79. The van der Waals surface area contributed by atoms with Crippen molar-refractivity contribution in [3.8, 4) is 23.0 Å². The zero-order valence-electron chi connectivity index (χ0n) is 22.4. The Morgan fingerprint density at radius 1 is 0.878 bits per heavy atom. The molecule has 6 unspecified atom stereocenters. The van der Waals surface area contributed by atoms with E-state index in [0.29, 0.717) is 5.56 Å². The fraction of sp³-hybridized carbons (Fsp3) is 0.552. The van der Waals surface area contributed by atoms with Crippen molar-refractivity contribution in [1.29, 1.82) is 0 Å². The van der Waals surface area contributed by atoms with E-state index < -0.39 is 73.4 Å². The number of phenols is 2. The monoisotopic (exact) mass is 576 g/mol. The van der Waals surface area contributed by atoms with E-state index in [1.807, 2.05) is 0 Å². The third kappa shape index (κ3) is 5.73. The van der Waals surface area contributed by atoms with Gasteiger partial charge in [0.15, 0.2) is 5.78 Å². The van der Waals surface area contributed by atoms with E-state index in [2.05, 4.69) is 0 Å². The van der Waals surface area contributed by atoms with Crippen LogP contribution in [-0.2, 0) is 4.74 Å². The van der Waals surface area contributed by atoms with Gasteiger partial charge in [-0.3, -0.25) is 4.79 Å². The first-order valence-corrected chi connectivity index (χ1v) is 13.7. The Kier molecular flexibility index (Phi) is 8.44. The SMILES string of the molecule is C[C@@H]1CC(OC2C(O)[C@H](O)C(CO)C[C@H]2Oc2cc(O)c3c(c2)O[C@H](c2ccc(O)cc2)CC3=O)[C@H](O)C(O)C1O. The number of aromatic hydroxyl groups is 2. The highest BCUT2D eigenvalue weighted by Crippen LogP contribution is 2.43. The first-order valence-electron chi connectivity index (χ1n) is 13.7. The van der Waals surface area contributed by atoms with Gasteiger partial charge in [-0.1, -0.05) is 19.1 Å². The quantitative estimate of drug-likeness (QED) is 0.232. The van der Waals surface area contributed by atoms with Gasteiger partial charge < -0.3 is 55.1 Å². The lowest BCUT2D eigenvalue weighted by Crippen LogP contribution is -2.61. The zero-order chi connectivity index (χ0) is 29.6. The molecule has 41 heavy (non-hydrogen) atoms. The second kappa shape index (κ2) is 11.7. The van der Waals surface area contributed by atoms with E-state index in [-0.39, 0.29) is 53.6 Å². The van der Waals surface area contributed by atoms with Crippen molar-refractivity contribution in [2.45, 2.75) is 81.1 Å². The summed E-state index contributed by atoms with van der Waals surface area (Å²) >= 11 is 0. The zero-order valence-corrected chi connectivity index (χ0v) is 22.4. The molecule has 224 valence electrons. The summed E-state index contributed by atoms with van der Waals surface area (Å²) < 4.78 is 18.2. The molecule has 2 saturated carbocycles. The van der Waals surface area contributed by atoms with Crippen molar-refractivity contribution in [2.24, 2.45) is 11.8 Å². The van der Waals surface area contributed by atoms with Gasteiger partial charge in [0.05, 0.1) is 24.7 Å². The minimum absolute atomic E-state index is 0.0145. The smallest absolute Gasteiger partial charge is 0.174 e. The van der Waals surface area contributed by atoms with Crippen LogP contribution in [0.3, 0.4) is 0 Å². The lowest BCUT2D eigenvalue weighted by Gasteiger charge is -2.46. The molecule has 0 spiro atoms. The molecule has 0 radical (unpaired) electrons. The maximum absolute atomic E-state index is 12.9. The molecule has 2 aromatic carbocycles. The van der Waals surface area contributed by atoms with Gasteiger partial charge >= 0.3 is 0 Å². The molecule has 12 nitrogen and oxygen atoms in total. The van der Waals surface area contributed by atoms with Crippen molar-refractivity contribution < 1.29 is 59.9 Å². The molecule has 1 heterocycles. The predicted molar refractivity (Wildman–Crippen MR) is 141 cm³/mol. The molecule has 0 saturated heterocycles. The summed E-state index contributed by atoms with van der Waals surface area (Å²) in [6.07, 6.45) is -10.8. The van der Waals surface area contributed by atoms with Crippen LogP contribution in [0.5, 0.6) is 23.0 Å². The van der Waals surface area contributed by atoms with Gasteiger partial charge in [0, 0.05) is 24.7 Å². The summed E-state index contributed by atoms with van der Waals surface area (Å²) in [4.78, 5) is 12.9. The van der Waals surface area contributed by atoms with E-state index in [4.69, 9.17) is 14.2 Å². The van der Waals surface area contributed by atoms with Crippen molar-refractivity contribution in [1.82, 2.24) is 0 Å².